The van der Waals surface area contributed by atoms with Crippen molar-refractivity contribution < 1.29 is 9.53 Å². The van der Waals surface area contributed by atoms with Crippen molar-refractivity contribution in [3.63, 3.8) is 0 Å². The molecule has 18 heavy (non-hydrogen) atoms. The van der Waals surface area contributed by atoms with Gasteiger partial charge in [-0.15, -0.1) is 11.3 Å². The van der Waals surface area contributed by atoms with Crippen molar-refractivity contribution in [1.82, 2.24) is 14.5 Å². The van der Waals surface area contributed by atoms with E-state index >= 15 is 0 Å². The van der Waals surface area contributed by atoms with Crippen molar-refractivity contribution in [3.8, 4) is 0 Å². The Morgan fingerprint density at radius 3 is 3.22 bits per heavy atom. The number of nitrogens with zero attached hydrogens (tertiary/aromatic N) is 3. The molecule has 0 fully saturated rings. The van der Waals surface area contributed by atoms with Gasteiger partial charge in [0.25, 0.3) is 0 Å². The zero-order valence-corrected chi connectivity index (χ0v) is 10.8. The normalized spacial score (nSPS) is 10.3. The van der Waals surface area contributed by atoms with E-state index in [4.69, 9.17) is 4.74 Å². The third-order valence-electron chi connectivity index (χ3n) is 2.25. The third kappa shape index (κ3) is 3.07. The molecule has 0 aliphatic rings. The molecule has 0 bridgehead atoms. The summed E-state index contributed by atoms with van der Waals surface area (Å²) in [5.41, 5.74) is 1.98. The maximum atomic E-state index is 11.6. The summed E-state index contributed by atoms with van der Waals surface area (Å²) in [7, 11) is 0. The molecular formula is C11H14N4O2S. The van der Waals surface area contributed by atoms with Crippen LogP contribution in [0.25, 0.3) is 0 Å². The molecule has 0 amide bonds. The van der Waals surface area contributed by atoms with E-state index in [1.807, 2.05) is 10.8 Å². The standard InChI is InChI=1S/C11H14N4O2S/c1-2-17-11(16)9-10(18-8-14-9)13-4-6-15-5-3-12-7-15/h3,5,7-8,13H,2,4,6H2,1H3. The zero-order chi connectivity index (χ0) is 12.8. The quantitative estimate of drug-likeness (QED) is 0.805. The number of hydrogen-bond donors (Lipinski definition) is 1. The van der Waals surface area contributed by atoms with Crippen LogP contribution < -0.4 is 5.32 Å². The summed E-state index contributed by atoms with van der Waals surface area (Å²) in [6.45, 7) is 3.60. The van der Waals surface area contributed by atoms with Gasteiger partial charge in [-0.05, 0) is 6.92 Å². The van der Waals surface area contributed by atoms with E-state index in [-0.39, 0.29) is 5.97 Å². The molecule has 2 rings (SSSR count). The van der Waals surface area contributed by atoms with E-state index in [2.05, 4.69) is 15.3 Å². The first-order valence-corrected chi connectivity index (χ1v) is 6.49. The number of ether oxygens (including phenoxy) is 1. The molecule has 0 atom stereocenters. The Balaban J connectivity index is 1.89. The Morgan fingerprint density at radius 2 is 2.50 bits per heavy atom. The molecule has 7 heteroatoms. The molecule has 2 heterocycles. The van der Waals surface area contributed by atoms with Crippen LogP contribution in [0, 0.1) is 0 Å². The van der Waals surface area contributed by atoms with Gasteiger partial charge >= 0.3 is 5.97 Å². The minimum absolute atomic E-state index is 0.352. The molecular weight excluding hydrogens is 252 g/mol. The number of carbonyl (C=O) groups excluding carboxylic acids is 1. The van der Waals surface area contributed by atoms with Crippen LogP contribution in [0.2, 0.25) is 0 Å². The Kier molecular flexibility index (Phi) is 4.30. The van der Waals surface area contributed by atoms with Crippen LogP contribution in [0.15, 0.2) is 24.2 Å². The molecule has 6 nitrogen and oxygen atoms in total. The maximum absolute atomic E-state index is 11.6. The minimum atomic E-state index is -0.385. The lowest BCUT2D eigenvalue weighted by Gasteiger charge is -2.06. The fourth-order valence-electron chi connectivity index (χ4n) is 1.43. The van der Waals surface area contributed by atoms with Gasteiger partial charge < -0.3 is 14.6 Å². The van der Waals surface area contributed by atoms with Gasteiger partial charge in [-0.3, -0.25) is 0 Å². The Morgan fingerprint density at radius 1 is 1.61 bits per heavy atom. The van der Waals surface area contributed by atoms with Crippen molar-refractivity contribution in [3.05, 3.63) is 29.9 Å². The average Bonchev–Trinajstić information content (AvgIpc) is 3.00. The fourth-order valence-corrected chi connectivity index (χ4v) is 2.13. The molecule has 0 aliphatic heterocycles. The second kappa shape index (κ2) is 6.15. The van der Waals surface area contributed by atoms with Crippen LogP contribution in [0.4, 0.5) is 5.00 Å². The van der Waals surface area contributed by atoms with E-state index in [0.29, 0.717) is 18.8 Å². The molecule has 2 aromatic heterocycles. The van der Waals surface area contributed by atoms with Gasteiger partial charge in [-0.2, -0.15) is 0 Å². The Bertz CT molecular complexity index is 495. The molecule has 0 spiro atoms. The minimum Gasteiger partial charge on any atom is -0.461 e. The molecule has 0 radical (unpaired) electrons. The summed E-state index contributed by atoms with van der Waals surface area (Å²) in [6, 6.07) is 0. The smallest absolute Gasteiger partial charge is 0.360 e. The molecule has 0 saturated carbocycles. The first-order valence-electron chi connectivity index (χ1n) is 5.61. The summed E-state index contributed by atoms with van der Waals surface area (Å²) in [4.78, 5) is 19.6. The Labute approximate surface area is 109 Å². The lowest BCUT2D eigenvalue weighted by molar-refractivity contribution is 0.0521. The lowest BCUT2D eigenvalue weighted by Crippen LogP contribution is -2.12. The molecule has 96 valence electrons. The summed E-state index contributed by atoms with van der Waals surface area (Å²) in [5, 5.41) is 3.92. The van der Waals surface area contributed by atoms with Gasteiger partial charge in [-0.1, -0.05) is 0 Å². The van der Waals surface area contributed by atoms with Crippen molar-refractivity contribution >= 4 is 22.3 Å². The van der Waals surface area contributed by atoms with Gasteiger partial charge in [0.1, 0.15) is 5.00 Å². The number of aromatic nitrogens is 3. The predicted molar refractivity (Wildman–Crippen MR) is 68.8 cm³/mol. The van der Waals surface area contributed by atoms with Gasteiger partial charge in [-0.25, -0.2) is 14.8 Å². The highest BCUT2D eigenvalue weighted by molar-refractivity contribution is 7.14. The predicted octanol–water partition coefficient (Wildman–Crippen LogP) is 1.63. The van der Waals surface area contributed by atoms with E-state index in [1.54, 1.807) is 25.0 Å². The topological polar surface area (TPSA) is 69.0 Å². The lowest BCUT2D eigenvalue weighted by atomic mass is 10.4. The largest absolute Gasteiger partial charge is 0.461 e. The fraction of sp³-hybridized carbons (Fsp3) is 0.364. The van der Waals surface area contributed by atoms with E-state index in [9.17, 15) is 4.79 Å². The van der Waals surface area contributed by atoms with E-state index < -0.39 is 0 Å². The molecule has 0 aliphatic carbocycles. The number of anilines is 1. The molecule has 2 aromatic rings. The van der Waals surface area contributed by atoms with Gasteiger partial charge in [0, 0.05) is 25.5 Å². The highest BCUT2D eigenvalue weighted by Crippen LogP contribution is 2.20. The monoisotopic (exact) mass is 266 g/mol. The van der Waals surface area contributed by atoms with Crippen LogP contribution in [0.1, 0.15) is 17.4 Å². The Hall–Kier alpha value is -1.89. The number of thiazole rings is 1. The zero-order valence-electron chi connectivity index (χ0n) is 10.00. The number of imidazole rings is 1. The highest BCUT2D eigenvalue weighted by atomic mass is 32.1. The van der Waals surface area contributed by atoms with Crippen LogP contribution in [-0.4, -0.2) is 33.7 Å². The number of nitrogens with one attached hydrogen (secondary N) is 1. The number of rotatable bonds is 6. The molecule has 0 aromatic carbocycles. The van der Waals surface area contributed by atoms with Crippen molar-refractivity contribution in [2.75, 3.05) is 18.5 Å². The number of esters is 1. The van der Waals surface area contributed by atoms with E-state index in [1.165, 1.54) is 11.3 Å². The number of hydrogen-bond acceptors (Lipinski definition) is 6. The van der Waals surface area contributed by atoms with Crippen LogP contribution in [0.5, 0.6) is 0 Å². The van der Waals surface area contributed by atoms with Gasteiger partial charge in [0.15, 0.2) is 5.69 Å². The summed E-state index contributed by atoms with van der Waals surface area (Å²) < 4.78 is 6.89. The molecule has 0 unspecified atom stereocenters. The second-order valence-corrected chi connectivity index (χ2v) is 4.33. The SMILES string of the molecule is CCOC(=O)c1ncsc1NCCn1ccnc1. The first-order chi connectivity index (χ1) is 8.81. The summed E-state index contributed by atoms with van der Waals surface area (Å²) in [6.07, 6.45) is 5.37. The highest BCUT2D eigenvalue weighted by Gasteiger charge is 2.15. The van der Waals surface area contributed by atoms with Gasteiger partial charge in [0.2, 0.25) is 0 Å². The van der Waals surface area contributed by atoms with Crippen LogP contribution >= 0.6 is 11.3 Å². The van der Waals surface area contributed by atoms with Crippen molar-refractivity contribution in [1.29, 1.82) is 0 Å². The van der Waals surface area contributed by atoms with Gasteiger partial charge in [0.05, 0.1) is 18.4 Å². The maximum Gasteiger partial charge on any atom is 0.360 e. The van der Waals surface area contributed by atoms with Crippen molar-refractivity contribution in [2.45, 2.75) is 13.5 Å². The molecule has 0 saturated heterocycles. The van der Waals surface area contributed by atoms with Crippen LogP contribution in [0.3, 0.4) is 0 Å². The summed E-state index contributed by atoms with van der Waals surface area (Å²) >= 11 is 1.39. The first kappa shape index (κ1) is 12.6. The van der Waals surface area contributed by atoms with Crippen LogP contribution in [-0.2, 0) is 11.3 Å². The summed E-state index contributed by atoms with van der Waals surface area (Å²) in [5.74, 6) is -0.385. The molecule has 1 N–H and O–H groups in total. The van der Waals surface area contributed by atoms with E-state index in [0.717, 1.165) is 11.5 Å². The average molecular weight is 266 g/mol. The third-order valence-corrected chi connectivity index (χ3v) is 3.04. The number of carbonyl (C=O) groups is 1. The second-order valence-electron chi connectivity index (χ2n) is 3.48. The van der Waals surface area contributed by atoms with Crippen molar-refractivity contribution in [2.24, 2.45) is 0 Å².